The fourth-order valence-electron chi connectivity index (χ4n) is 6.92. The molecule has 0 aromatic carbocycles. The van der Waals surface area contributed by atoms with Crippen molar-refractivity contribution in [2.45, 2.75) is 237 Å². The molecule has 0 aliphatic carbocycles. The number of carbonyl (C=O) groups is 3. The van der Waals surface area contributed by atoms with Crippen molar-refractivity contribution in [3.63, 3.8) is 0 Å². The molecule has 1 aliphatic rings. The van der Waals surface area contributed by atoms with Crippen LogP contribution in [0.15, 0.2) is 24.3 Å². The van der Waals surface area contributed by atoms with Crippen LogP contribution in [0.3, 0.4) is 0 Å². The number of allylic oxidation sites excluding steroid dienone is 4. The van der Waals surface area contributed by atoms with E-state index < -0.39 is 61.3 Å². The number of hydrogen-bond acceptors (Lipinski definition) is 10. The van der Waals surface area contributed by atoms with Gasteiger partial charge in [0.25, 0.3) is 0 Å². The molecule has 0 bridgehead atoms. The van der Waals surface area contributed by atoms with Crippen molar-refractivity contribution in [1.82, 2.24) is 0 Å². The Bertz CT molecular complexity index is 1050. The molecule has 0 spiro atoms. The highest BCUT2D eigenvalue weighted by Crippen LogP contribution is 2.23. The van der Waals surface area contributed by atoms with Crippen molar-refractivity contribution in [3.8, 4) is 0 Å². The average Bonchev–Trinajstić information content (AvgIpc) is 3.19. The van der Waals surface area contributed by atoms with E-state index in [1.54, 1.807) is 0 Å². The zero-order valence-electron chi connectivity index (χ0n) is 35.8. The van der Waals surface area contributed by atoms with Crippen LogP contribution in [0.1, 0.15) is 200 Å². The Morgan fingerprint density at radius 3 is 1.53 bits per heavy atom. The molecule has 1 aliphatic heterocycles. The van der Waals surface area contributed by atoms with Gasteiger partial charge in [0.15, 0.2) is 18.5 Å². The van der Waals surface area contributed by atoms with Crippen LogP contribution in [-0.4, -0.2) is 88.4 Å². The lowest BCUT2D eigenvalue weighted by molar-refractivity contribution is -0.298. The van der Waals surface area contributed by atoms with Crippen molar-refractivity contribution in [3.05, 3.63) is 24.3 Å². The summed E-state index contributed by atoms with van der Waals surface area (Å²) in [5.41, 5.74) is 0. The zero-order chi connectivity index (χ0) is 41.8. The van der Waals surface area contributed by atoms with Crippen LogP contribution < -0.4 is 0 Å². The molecule has 4 N–H and O–H groups in total. The highest BCUT2D eigenvalue weighted by atomic mass is 16.7. The van der Waals surface area contributed by atoms with Gasteiger partial charge in [-0.05, 0) is 38.5 Å². The number of unbranched alkanes of at least 4 members (excludes halogenated alkanes) is 23. The fraction of sp³-hybridized carbons (Fsp3) is 0.848. The molecule has 1 heterocycles. The van der Waals surface area contributed by atoms with Crippen LogP contribution in [0, 0.1) is 0 Å². The summed E-state index contributed by atoms with van der Waals surface area (Å²) >= 11 is 0. The van der Waals surface area contributed by atoms with E-state index >= 15 is 0 Å². The van der Waals surface area contributed by atoms with E-state index in [0.29, 0.717) is 12.8 Å². The van der Waals surface area contributed by atoms with Crippen molar-refractivity contribution in [1.29, 1.82) is 0 Å². The van der Waals surface area contributed by atoms with Gasteiger partial charge in [0.1, 0.15) is 24.9 Å². The number of esters is 2. The van der Waals surface area contributed by atoms with E-state index in [0.717, 1.165) is 64.2 Å². The molecule has 0 radical (unpaired) electrons. The van der Waals surface area contributed by atoms with E-state index in [1.807, 2.05) is 0 Å². The Balaban J connectivity index is 2.35. The first-order chi connectivity index (χ1) is 27.7. The number of ether oxygens (including phenoxy) is 4. The fourth-order valence-corrected chi connectivity index (χ4v) is 6.92. The van der Waals surface area contributed by atoms with Crippen molar-refractivity contribution >= 4 is 17.9 Å². The van der Waals surface area contributed by atoms with Crippen LogP contribution in [0.2, 0.25) is 0 Å². The van der Waals surface area contributed by atoms with E-state index in [1.165, 1.54) is 96.3 Å². The van der Waals surface area contributed by atoms with E-state index in [2.05, 4.69) is 38.2 Å². The lowest BCUT2D eigenvalue weighted by Gasteiger charge is -2.38. The molecule has 57 heavy (non-hydrogen) atoms. The van der Waals surface area contributed by atoms with Crippen LogP contribution in [-0.2, 0) is 33.3 Å². The number of aliphatic hydroxyl groups excluding tert-OH is 3. The molecule has 1 fully saturated rings. The number of carboxylic acid groups (broad SMARTS) is 1. The Kier molecular flexibility index (Phi) is 34.0. The number of aliphatic carboxylic acids is 1. The monoisotopic (exact) mass is 811 g/mol. The minimum atomic E-state index is -1.86. The predicted octanol–water partition coefficient (Wildman–Crippen LogP) is 9.82. The van der Waals surface area contributed by atoms with Crippen LogP contribution in [0.5, 0.6) is 0 Å². The van der Waals surface area contributed by atoms with Gasteiger partial charge < -0.3 is 39.4 Å². The van der Waals surface area contributed by atoms with Gasteiger partial charge in [-0.25, -0.2) is 4.79 Å². The van der Waals surface area contributed by atoms with Crippen LogP contribution in [0.25, 0.3) is 0 Å². The second kappa shape index (κ2) is 36.7. The molecule has 11 heteroatoms. The number of rotatable bonds is 38. The van der Waals surface area contributed by atoms with Gasteiger partial charge in [-0.1, -0.05) is 173 Å². The Morgan fingerprint density at radius 2 is 1.02 bits per heavy atom. The van der Waals surface area contributed by atoms with Crippen LogP contribution >= 0.6 is 0 Å². The standard InChI is InChI=1S/C46H82O11/c1-3-5-7-9-11-13-15-17-18-19-20-21-23-25-27-29-31-33-35-40(48)56-38(37-55-46-43(51)41(49)42(50)44(57-46)45(52)53)36-54-39(47)34-32-30-28-26-24-22-16-14-12-10-8-6-4-2/h8,10,14,16,38,41-44,46,49-51H,3-7,9,11-13,15,17-37H2,1-2H3,(H,52,53)/b10-8-,16-14-. The van der Waals surface area contributed by atoms with Gasteiger partial charge >= 0.3 is 17.9 Å². The maximum absolute atomic E-state index is 12.8. The molecule has 6 atom stereocenters. The first-order valence-electron chi connectivity index (χ1n) is 22.9. The third-order valence-electron chi connectivity index (χ3n) is 10.5. The molecule has 0 saturated carbocycles. The van der Waals surface area contributed by atoms with Gasteiger partial charge in [0, 0.05) is 12.8 Å². The van der Waals surface area contributed by atoms with E-state index in [4.69, 9.17) is 18.9 Å². The number of aliphatic hydroxyl groups is 3. The van der Waals surface area contributed by atoms with E-state index in [9.17, 15) is 34.8 Å². The quantitative estimate of drug-likeness (QED) is 0.0266. The summed E-state index contributed by atoms with van der Waals surface area (Å²) in [6, 6.07) is 0. The average molecular weight is 811 g/mol. The topological polar surface area (TPSA) is 169 Å². The summed E-state index contributed by atoms with van der Waals surface area (Å²) in [5.74, 6) is -2.45. The lowest BCUT2D eigenvalue weighted by Crippen LogP contribution is -2.60. The van der Waals surface area contributed by atoms with Gasteiger partial charge in [0.05, 0.1) is 6.61 Å². The summed E-state index contributed by atoms with van der Waals surface area (Å²) in [5, 5.41) is 39.8. The smallest absolute Gasteiger partial charge is 0.335 e. The van der Waals surface area contributed by atoms with Crippen molar-refractivity contribution in [2.24, 2.45) is 0 Å². The highest BCUT2D eigenvalue weighted by molar-refractivity contribution is 5.73. The molecule has 0 aromatic rings. The third-order valence-corrected chi connectivity index (χ3v) is 10.5. The van der Waals surface area contributed by atoms with Gasteiger partial charge in [-0.15, -0.1) is 0 Å². The molecular weight excluding hydrogens is 728 g/mol. The van der Waals surface area contributed by atoms with Gasteiger partial charge in [-0.2, -0.15) is 0 Å². The number of carbonyl (C=O) groups excluding carboxylic acids is 2. The molecule has 1 saturated heterocycles. The SMILES string of the molecule is CCC/C=C\C/C=C\CCCCCCCC(=O)OCC(COC1OC(C(=O)O)C(O)C(O)C1O)OC(=O)CCCCCCCCCCCCCCCCCCCC. The van der Waals surface area contributed by atoms with Crippen LogP contribution in [0.4, 0.5) is 0 Å². The molecule has 6 unspecified atom stereocenters. The Hall–Kier alpha value is -2.31. The molecule has 332 valence electrons. The molecule has 0 aromatic heterocycles. The minimum absolute atomic E-state index is 0.184. The molecule has 1 rings (SSSR count). The maximum atomic E-state index is 12.8. The maximum Gasteiger partial charge on any atom is 0.335 e. The Labute approximate surface area is 345 Å². The second-order valence-corrected chi connectivity index (χ2v) is 15.9. The summed E-state index contributed by atoms with van der Waals surface area (Å²) in [7, 11) is 0. The summed E-state index contributed by atoms with van der Waals surface area (Å²) in [6.45, 7) is 3.75. The summed E-state index contributed by atoms with van der Waals surface area (Å²) in [4.78, 5) is 36.8. The first-order valence-corrected chi connectivity index (χ1v) is 22.9. The van der Waals surface area contributed by atoms with E-state index in [-0.39, 0.29) is 19.4 Å². The zero-order valence-corrected chi connectivity index (χ0v) is 35.8. The second-order valence-electron chi connectivity index (χ2n) is 15.9. The van der Waals surface area contributed by atoms with Gasteiger partial charge in [0.2, 0.25) is 0 Å². The normalized spacial score (nSPS) is 20.3. The van der Waals surface area contributed by atoms with Crippen molar-refractivity contribution in [2.75, 3.05) is 13.2 Å². The Morgan fingerprint density at radius 1 is 0.544 bits per heavy atom. The number of hydrogen-bond donors (Lipinski definition) is 4. The summed E-state index contributed by atoms with van der Waals surface area (Å²) < 4.78 is 21.7. The van der Waals surface area contributed by atoms with Gasteiger partial charge in [-0.3, -0.25) is 9.59 Å². The lowest BCUT2D eigenvalue weighted by atomic mass is 9.99. The minimum Gasteiger partial charge on any atom is -0.479 e. The molecule has 11 nitrogen and oxygen atoms in total. The largest absolute Gasteiger partial charge is 0.479 e. The predicted molar refractivity (Wildman–Crippen MR) is 225 cm³/mol. The molecular formula is C46H82O11. The van der Waals surface area contributed by atoms with Crippen molar-refractivity contribution < 1.29 is 53.8 Å². The number of carboxylic acids is 1. The first kappa shape index (κ1) is 52.7. The third kappa shape index (κ3) is 28.7. The molecule has 0 amide bonds. The summed E-state index contributed by atoms with van der Waals surface area (Å²) in [6.07, 6.45) is 30.9. The highest BCUT2D eigenvalue weighted by Gasteiger charge is 2.47.